The fourth-order valence-corrected chi connectivity index (χ4v) is 3.67. The van der Waals surface area contributed by atoms with Crippen LogP contribution in [0.25, 0.3) is 5.57 Å². The first-order valence-corrected chi connectivity index (χ1v) is 9.39. The molecule has 0 fully saturated rings. The molecule has 1 aromatic heterocycles. The maximum Gasteiger partial charge on any atom is 0.238 e. The monoisotopic (exact) mass is 392 g/mol. The maximum absolute atomic E-state index is 14.4. The van der Waals surface area contributed by atoms with Crippen molar-refractivity contribution in [3.63, 3.8) is 0 Å². The number of benzene rings is 1. The first kappa shape index (κ1) is 17.6. The van der Waals surface area contributed by atoms with Gasteiger partial charge in [0, 0.05) is 11.1 Å². The number of halogens is 2. The number of ether oxygens (including phenoxy) is 1. The highest BCUT2D eigenvalue weighted by molar-refractivity contribution is 7.89. The smallest absolute Gasteiger partial charge is 0.238 e. The molecule has 2 N–H and O–H groups in total. The third-order valence-electron chi connectivity index (χ3n) is 4.44. The topological polar surface area (TPSA) is 99.6 Å². The molecule has 1 atom stereocenters. The molecular formula is C17H14F2N4O3S. The van der Waals surface area contributed by atoms with Crippen LogP contribution >= 0.6 is 0 Å². The van der Waals surface area contributed by atoms with Crippen LogP contribution in [0.5, 0.6) is 0 Å². The zero-order chi connectivity index (χ0) is 19.3. The molecule has 0 saturated heterocycles. The number of imidazole rings is 1. The molecule has 1 aliphatic heterocycles. The number of nitrogens with zero attached hydrogens (tertiary/aromatic N) is 3. The third-order valence-corrected chi connectivity index (χ3v) is 5.34. The second-order valence-electron chi connectivity index (χ2n) is 6.11. The fraction of sp³-hybridized carbons (Fsp3) is 0.176. The number of hydrogen-bond acceptors (Lipinski definition) is 5. The summed E-state index contributed by atoms with van der Waals surface area (Å²) in [5.74, 6) is -1.36. The Morgan fingerprint density at radius 3 is 2.63 bits per heavy atom. The van der Waals surface area contributed by atoms with E-state index in [2.05, 4.69) is 9.98 Å². The van der Waals surface area contributed by atoms with Crippen molar-refractivity contribution in [1.82, 2.24) is 9.55 Å². The lowest BCUT2D eigenvalue weighted by molar-refractivity contribution is 0.307. The fourth-order valence-electron chi connectivity index (χ4n) is 3.13. The minimum atomic E-state index is -4.21. The van der Waals surface area contributed by atoms with Gasteiger partial charge < -0.3 is 9.30 Å². The molecule has 2 heterocycles. The van der Waals surface area contributed by atoms with Crippen LogP contribution in [0.15, 0.2) is 46.3 Å². The second kappa shape index (κ2) is 6.10. The van der Waals surface area contributed by atoms with E-state index in [9.17, 15) is 17.2 Å². The number of sulfonamides is 1. The van der Waals surface area contributed by atoms with Crippen molar-refractivity contribution in [2.75, 3.05) is 7.11 Å². The zero-order valence-electron chi connectivity index (χ0n) is 14.1. The zero-order valence-corrected chi connectivity index (χ0v) is 14.9. The van der Waals surface area contributed by atoms with Gasteiger partial charge in [-0.05, 0) is 24.3 Å². The molecule has 1 aliphatic carbocycles. The Hall–Kier alpha value is -2.85. The summed E-state index contributed by atoms with van der Waals surface area (Å²) in [6.45, 7) is -0.175. The summed E-state index contributed by atoms with van der Waals surface area (Å²) < 4.78 is 58.2. The predicted molar refractivity (Wildman–Crippen MR) is 93.5 cm³/mol. The first-order valence-electron chi connectivity index (χ1n) is 7.84. The van der Waals surface area contributed by atoms with Crippen LogP contribution in [-0.4, -0.2) is 37.3 Å². The van der Waals surface area contributed by atoms with Crippen LogP contribution < -0.4 is 5.14 Å². The van der Waals surface area contributed by atoms with E-state index in [-0.39, 0.29) is 18.2 Å². The molecular weight excluding hydrogens is 378 g/mol. The van der Waals surface area contributed by atoms with Crippen molar-refractivity contribution in [2.24, 2.45) is 10.1 Å². The Balaban J connectivity index is 1.75. The Kier molecular flexibility index (Phi) is 3.97. The molecule has 0 radical (unpaired) electrons. The molecule has 2 aromatic rings. The number of hydrogen-bond donors (Lipinski definition) is 1. The van der Waals surface area contributed by atoms with Crippen LogP contribution in [0, 0.1) is 11.6 Å². The standard InChI is InChI=1S/C17H14F2N4O3S/c1-26-9-2-11-15(3-9)21-6-16-17(11)23(8-22-16)7-12-13(18)4-10(5-14(12)19)27(20,24)25/h2-6,8,15H,7H2,1H3,(H2,20,24,25). The van der Waals surface area contributed by atoms with Crippen LogP contribution in [0.1, 0.15) is 17.0 Å². The summed E-state index contributed by atoms with van der Waals surface area (Å²) >= 11 is 0. The van der Waals surface area contributed by atoms with E-state index >= 15 is 0 Å². The van der Waals surface area contributed by atoms with E-state index in [1.807, 2.05) is 6.08 Å². The molecule has 0 bridgehead atoms. The summed E-state index contributed by atoms with van der Waals surface area (Å²) in [6.07, 6.45) is 6.68. The number of allylic oxidation sites excluding steroid dienone is 1. The quantitative estimate of drug-likeness (QED) is 0.854. The summed E-state index contributed by atoms with van der Waals surface area (Å²) in [7, 11) is -2.67. The maximum atomic E-state index is 14.4. The van der Waals surface area contributed by atoms with Crippen molar-refractivity contribution in [2.45, 2.75) is 17.5 Å². The largest absolute Gasteiger partial charge is 0.497 e. The number of methoxy groups -OCH3 is 1. The van der Waals surface area contributed by atoms with Crippen LogP contribution in [0.4, 0.5) is 8.78 Å². The molecule has 27 heavy (non-hydrogen) atoms. The molecule has 10 heteroatoms. The molecule has 7 nitrogen and oxygen atoms in total. The van der Waals surface area contributed by atoms with Crippen molar-refractivity contribution in [3.05, 3.63) is 65.0 Å². The summed E-state index contributed by atoms with van der Waals surface area (Å²) in [5, 5.41) is 4.94. The average molecular weight is 392 g/mol. The van der Waals surface area contributed by atoms with E-state index < -0.39 is 26.6 Å². The number of fused-ring (bicyclic) bond motifs is 3. The summed E-state index contributed by atoms with van der Waals surface area (Å²) in [5.41, 5.74) is 1.77. The SMILES string of the molecule is COC1=CC2N=Cc3ncn(Cc4c(F)cc(S(N)(=O)=O)cc4F)c3C2=C1. The highest BCUT2D eigenvalue weighted by Crippen LogP contribution is 2.34. The van der Waals surface area contributed by atoms with E-state index in [1.54, 1.807) is 24.0 Å². The highest BCUT2D eigenvalue weighted by atomic mass is 32.2. The Morgan fingerprint density at radius 2 is 2.00 bits per heavy atom. The van der Waals surface area contributed by atoms with Gasteiger partial charge in [-0.2, -0.15) is 0 Å². The van der Waals surface area contributed by atoms with Crippen molar-refractivity contribution in [1.29, 1.82) is 0 Å². The lowest BCUT2D eigenvalue weighted by atomic mass is 10.0. The number of aromatic nitrogens is 2. The number of rotatable bonds is 4. The van der Waals surface area contributed by atoms with Crippen LogP contribution in [0.3, 0.4) is 0 Å². The van der Waals surface area contributed by atoms with Crippen LogP contribution in [-0.2, 0) is 21.3 Å². The lowest BCUT2D eigenvalue weighted by Crippen LogP contribution is -2.16. The number of nitrogens with two attached hydrogens (primary N) is 1. The molecule has 0 amide bonds. The van der Waals surface area contributed by atoms with Crippen molar-refractivity contribution in [3.8, 4) is 0 Å². The van der Waals surface area contributed by atoms with Crippen molar-refractivity contribution < 1.29 is 21.9 Å². The van der Waals surface area contributed by atoms with E-state index in [4.69, 9.17) is 9.88 Å². The van der Waals surface area contributed by atoms with Gasteiger partial charge in [0.05, 0.1) is 42.8 Å². The molecule has 4 rings (SSSR count). The molecule has 1 aromatic carbocycles. The first-order chi connectivity index (χ1) is 12.8. The predicted octanol–water partition coefficient (Wildman–Crippen LogP) is 1.59. The van der Waals surface area contributed by atoms with Gasteiger partial charge >= 0.3 is 0 Å². The van der Waals surface area contributed by atoms with Gasteiger partial charge in [-0.25, -0.2) is 27.3 Å². The van der Waals surface area contributed by atoms with Crippen LogP contribution in [0.2, 0.25) is 0 Å². The molecule has 0 saturated carbocycles. The molecule has 1 unspecified atom stereocenters. The Bertz CT molecular complexity index is 1130. The average Bonchev–Trinajstić information content (AvgIpc) is 3.20. The highest BCUT2D eigenvalue weighted by Gasteiger charge is 2.29. The third kappa shape index (κ3) is 2.96. The minimum Gasteiger partial charge on any atom is -0.497 e. The van der Waals surface area contributed by atoms with Gasteiger partial charge in [-0.3, -0.25) is 4.99 Å². The van der Waals surface area contributed by atoms with E-state index in [0.29, 0.717) is 29.3 Å². The normalized spacial score (nSPS) is 18.0. The Labute approximate surface area is 153 Å². The lowest BCUT2D eigenvalue weighted by Gasteiger charge is -2.17. The van der Waals surface area contributed by atoms with E-state index in [0.717, 1.165) is 5.57 Å². The Morgan fingerprint density at radius 1 is 1.30 bits per heavy atom. The van der Waals surface area contributed by atoms with Gasteiger partial charge in [-0.1, -0.05) is 0 Å². The summed E-state index contributed by atoms with van der Waals surface area (Å²) in [6, 6.07) is 1.17. The van der Waals surface area contributed by atoms with Gasteiger partial charge in [0.15, 0.2) is 0 Å². The number of primary sulfonamides is 1. The van der Waals surface area contributed by atoms with Gasteiger partial charge in [0.25, 0.3) is 0 Å². The van der Waals surface area contributed by atoms with Gasteiger partial charge in [0.2, 0.25) is 10.0 Å². The van der Waals surface area contributed by atoms with Gasteiger partial charge in [-0.15, -0.1) is 0 Å². The minimum absolute atomic E-state index is 0.175. The summed E-state index contributed by atoms with van der Waals surface area (Å²) in [4.78, 5) is 7.98. The molecule has 2 aliphatic rings. The molecule has 140 valence electrons. The number of aliphatic imine (C=N–C) groups is 1. The van der Waals surface area contributed by atoms with E-state index in [1.165, 1.54) is 6.33 Å². The molecule has 0 spiro atoms. The second-order valence-corrected chi connectivity index (χ2v) is 7.67. The van der Waals surface area contributed by atoms with Gasteiger partial charge in [0.1, 0.15) is 23.1 Å². The van der Waals surface area contributed by atoms with Crippen molar-refractivity contribution >= 4 is 21.8 Å².